The van der Waals surface area contributed by atoms with E-state index in [0.717, 1.165) is 0 Å². The summed E-state index contributed by atoms with van der Waals surface area (Å²) in [4.78, 5) is 13.3. The number of carbonyl (C=O) groups excluding carboxylic acids is 1. The van der Waals surface area contributed by atoms with Gasteiger partial charge in [-0.2, -0.15) is 0 Å². The molecule has 3 unspecified atom stereocenters. The first-order chi connectivity index (χ1) is 7.08. The van der Waals surface area contributed by atoms with Gasteiger partial charge in [-0.25, -0.2) is 0 Å². The van der Waals surface area contributed by atoms with Crippen molar-refractivity contribution in [1.29, 1.82) is 0 Å². The summed E-state index contributed by atoms with van der Waals surface area (Å²) in [7, 11) is 1.23. The molecule has 0 aliphatic carbocycles. The standard InChI is InChI=1S/C7H13N3O5/c1-15-5(2-9-10-8)7(14)6(13)4(12)3-11/h5-7,11,13-14H,2-3H2,1H3. The molecule has 0 heterocycles. The zero-order valence-electron chi connectivity index (χ0n) is 8.15. The lowest BCUT2D eigenvalue weighted by Crippen LogP contribution is -2.45. The molecule has 0 aromatic carbocycles. The Morgan fingerprint density at radius 2 is 2.20 bits per heavy atom. The van der Waals surface area contributed by atoms with Crippen LogP contribution in [0.5, 0.6) is 0 Å². The molecule has 0 amide bonds. The Bertz CT molecular complexity index is 253. The van der Waals surface area contributed by atoms with Crippen LogP contribution in [0.4, 0.5) is 0 Å². The van der Waals surface area contributed by atoms with Crippen LogP contribution in [-0.4, -0.2) is 59.7 Å². The van der Waals surface area contributed by atoms with E-state index in [4.69, 9.17) is 15.4 Å². The minimum Gasteiger partial charge on any atom is -0.388 e. The number of nitrogens with zero attached hydrogens (tertiary/aromatic N) is 3. The van der Waals surface area contributed by atoms with Gasteiger partial charge in [0.15, 0.2) is 5.78 Å². The van der Waals surface area contributed by atoms with Gasteiger partial charge in [0.25, 0.3) is 0 Å². The summed E-state index contributed by atoms with van der Waals surface area (Å²) >= 11 is 0. The highest BCUT2D eigenvalue weighted by Gasteiger charge is 2.30. The molecule has 3 N–H and O–H groups in total. The van der Waals surface area contributed by atoms with Crippen LogP contribution < -0.4 is 0 Å². The Hall–Kier alpha value is -1.18. The van der Waals surface area contributed by atoms with Crippen LogP contribution in [-0.2, 0) is 9.53 Å². The number of aliphatic hydroxyl groups is 3. The van der Waals surface area contributed by atoms with Gasteiger partial charge in [-0.05, 0) is 5.53 Å². The summed E-state index contributed by atoms with van der Waals surface area (Å²) < 4.78 is 4.72. The van der Waals surface area contributed by atoms with Gasteiger partial charge in [0.1, 0.15) is 18.8 Å². The number of ether oxygens (including phenoxy) is 1. The second-order valence-corrected chi connectivity index (χ2v) is 2.75. The third kappa shape index (κ3) is 4.24. The Morgan fingerprint density at radius 1 is 1.60 bits per heavy atom. The van der Waals surface area contributed by atoms with Crippen molar-refractivity contribution in [3.05, 3.63) is 10.4 Å². The Balaban J connectivity index is 4.41. The summed E-state index contributed by atoms with van der Waals surface area (Å²) in [5.74, 6) is -0.925. The van der Waals surface area contributed by atoms with Crippen molar-refractivity contribution in [1.82, 2.24) is 0 Å². The molecule has 0 aliphatic rings. The third-order valence-corrected chi connectivity index (χ3v) is 1.82. The van der Waals surface area contributed by atoms with E-state index in [-0.39, 0.29) is 6.54 Å². The quantitative estimate of drug-likeness (QED) is 0.274. The second-order valence-electron chi connectivity index (χ2n) is 2.75. The van der Waals surface area contributed by atoms with Crippen molar-refractivity contribution in [2.75, 3.05) is 20.3 Å². The smallest absolute Gasteiger partial charge is 0.189 e. The zero-order chi connectivity index (χ0) is 11.8. The number of azide groups is 1. The molecular weight excluding hydrogens is 206 g/mol. The first-order valence-corrected chi connectivity index (χ1v) is 4.11. The van der Waals surface area contributed by atoms with E-state index >= 15 is 0 Å². The van der Waals surface area contributed by atoms with Crippen LogP contribution >= 0.6 is 0 Å². The predicted octanol–water partition coefficient (Wildman–Crippen LogP) is -1.41. The van der Waals surface area contributed by atoms with E-state index in [9.17, 15) is 15.0 Å². The third-order valence-electron chi connectivity index (χ3n) is 1.82. The van der Waals surface area contributed by atoms with Gasteiger partial charge in [-0.1, -0.05) is 5.11 Å². The maximum absolute atomic E-state index is 10.8. The summed E-state index contributed by atoms with van der Waals surface area (Å²) in [6.45, 7) is -1.10. The SMILES string of the molecule is COC(CN=[N+]=[N-])C(O)C(O)C(=O)CO. The minimum atomic E-state index is -1.76. The zero-order valence-corrected chi connectivity index (χ0v) is 8.15. The summed E-state index contributed by atoms with van der Waals surface area (Å²) in [6, 6.07) is 0. The molecule has 3 atom stereocenters. The summed E-state index contributed by atoms with van der Waals surface area (Å²) in [6.07, 6.45) is -4.29. The first kappa shape index (κ1) is 13.8. The van der Waals surface area contributed by atoms with Gasteiger partial charge < -0.3 is 20.1 Å². The number of carbonyl (C=O) groups is 1. The predicted molar refractivity (Wildman–Crippen MR) is 48.9 cm³/mol. The molecule has 0 aromatic rings. The molecule has 0 aromatic heterocycles. The van der Waals surface area contributed by atoms with Gasteiger partial charge in [0, 0.05) is 12.0 Å². The van der Waals surface area contributed by atoms with E-state index < -0.39 is 30.7 Å². The highest BCUT2D eigenvalue weighted by molar-refractivity contribution is 5.84. The van der Waals surface area contributed by atoms with Crippen LogP contribution in [0.3, 0.4) is 0 Å². The fourth-order valence-electron chi connectivity index (χ4n) is 0.926. The van der Waals surface area contributed by atoms with Crippen molar-refractivity contribution in [2.24, 2.45) is 5.11 Å². The number of methoxy groups -OCH3 is 1. The number of hydrogen-bond donors (Lipinski definition) is 3. The Morgan fingerprint density at radius 3 is 2.60 bits per heavy atom. The highest BCUT2D eigenvalue weighted by atomic mass is 16.5. The number of ketones is 1. The fourth-order valence-corrected chi connectivity index (χ4v) is 0.926. The lowest BCUT2D eigenvalue weighted by molar-refractivity contribution is -0.142. The molecule has 0 fully saturated rings. The normalized spacial score (nSPS) is 16.3. The Kier molecular flexibility index (Phi) is 6.59. The lowest BCUT2D eigenvalue weighted by atomic mass is 10.0. The van der Waals surface area contributed by atoms with Gasteiger partial charge >= 0.3 is 0 Å². The number of aliphatic hydroxyl groups excluding tert-OH is 3. The van der Waals surface area contributed by atoms with E-state index in [1.807, 2.05) is 0 Å². The van der Waals surface area contributed by atoms with Crippen molar-refractivity contribution < 1.29 is 24.9 Å². The molecule has 0 spiro atoms. The van der Waals surface area contributed by atoms with Crippen molar-refractivity contribution >= 4 is 5.78 Å². The van der Waals surface area contributed by atoms with E-state index in [1.54, 1.807) is 0 Å². The van der Waals surface area contributed by atoms with E-state index in [2.05, 4.69) is 10.0 Å². The highest BCUT2D eigenvalue weighted by Crippen LogP contribution is 2.05. The van der Waals surface area contributed by atoms with Crippen LogP contribution in [0.15, 0.2) is 5.11 Å². The summed E-state index contributed by atoms with van der Waals surface area (Å²) in [5, 5.41) is 30.2. The molecular formula is C7H13N3O5. The topological polar surface area (TPSA) is 136 Å². The monoisotopic (exact) mass is 219 g/mol. The van der Waals surface area contributed by atoms with Gasteiger partial charge in [0.2, 0.25) is 0 Å². The van der Waals surface area contributed by atoms with Crippen LogP contribution in [0.2, 0.25) is 0 Å². The fraction of sp³-hybridized carbons (Fsp3) is 0.857. The van der Waals surface area contributed by atoms with Gasteiger partial charge in [0.05, 0.1) is 12.6 Å². The molecule has 0 rings (SSSR count). The molecule has 86 valence electrons. The van der Waals surface area contributed by atoms with E-state index in [1.165, 1.54) is 7.11 Å². The molecule has 15 heavy (non-hydrogen) atoms. The largest absolute Gasteiger partial charge is 0.388 e. The van der Waals surface area contributed by atoms with Crippen LogP contribution in [0.1, 0.15) is 0 Å². The van der Waals surface area contributed by atoms with E-state index in [0.29, 0.717) is 0 Å². The average Bonchev–Trinajstić information content (AvgIpc) is 2.27. The number of Topliss-reactive ketones (excluding diaryl/α,β-unsaturated/α-hetero) is 1. The molecule has 8 heteroatoms. The number of rotatable bonds is 7. The minimum absolute atomic E-state index is 0.218. The second kappa shape index (κ2) is 7.16. The molecule has 0 saturated heterocycles. The van der Waals surface area contributed by atoms with Crippen LogP contribution in [0, 0.1) is 0 Å². The average molecular weight is 219 g/mol. The molecule has 0 aliphatic heterocycles. The van der Waals surface area contributed by atoms with Gasteiger partial charge in [-0.15, -0.1) is 0 Å². The van der Waals surface area contributed by atoms with Crippen molar-refractivity contribution in [3.8, 4) is 0 Å². The maximum atomic E-state index is 10.8. The number of hydrogen-bond acceptors (Lipinski definition) is 6. The molecule has 8 nitrogen and oxygen atoms in total. The van der Waals surface area contributed by atoms with Crippen molar-refractivity contribution in [3.63, 3.8) is 0 Å². The molecule has 0 saturated carbocycles. The molecule has 0 bridgehead atoms. The summed E-state index contributed by atoms with van der Waals surface area (Å²) in [5.41, 5.74) is 8.04. The van der Waals surface area contributed by atoms with Crippen molar-refractivity contribution in [2.45, 2.75) is 18.3 Å². The maximum Gasteiger partial charge on any atom is 0.189 e. The van der Waals surface area contributed by atoms with Gasteiger partial charge in [-0.3, -0.25) is 4.79 Å². The first-order valence-electron chi connectivity index (χ1n) is 4.11. The van der Waals surface area contributed by atoms with Crippen LogP contribution in [0.25, 0.3) is 10.4 Å². The lowest BCUT2D eigenvalue weighted by Gasteiger charge is -2.23. The molecule has 0 radical (unpaired) electrons. The Labute approximate surface area is 85.7 Å².